The van der Waals surface area contributed by atoms with Crippen molar-refractivity contribution in [1.82, 2.24) is 19.6 Å². The number of nitrogens with one attached hydrogen (secondary N) is 3. The maximum absolute atomic E-state index is 13.9. The molecule has 2 saturated heterocycles. The predicted molar refractivity (Wildman–Crippen MR) is 240 cm³/mol. The number of fused-ring (bicyclic) bond motifs is 1. The number of nitrogens with zero attached hydrogens (tertiary/aromatic N) is 3. The van der Waals surface area contributed by atoms with Crippen molar-refractivity contribution in [2.75, 3.05) is 31.6 Å². The minimum atomic E-state index is -4.54. The van der Waals surface area contributed by atoms with Gasteiger partial charge in [0.25, 0.3) is 21.6 Å². The Morgan fingerprint density at radius 1 is 1.03 bits per heavy atom. The minimum Gasteiger partial charge on any atom is -0.455 e. The van der Waals surface area contributed by atoms with Crippen LogP contribution >= 0.6 is 0 Å². The second kappa shape index (κ2) is 18.9. The molecule has 0 radical (unpaired) electrons. The van der Waals surface area contributed by atoms with Crippen molar-refractivity contribution in [2.45, 2.75) is 87.6 Å². The summed E-state index contributed by atoms with van der Waals surface area (Å²) in [5.41, 5.74) is 5.50. The summed E-state index contributed by atoms with van der Waals surface area (Å²) in [6.45, 7) is 4.50. The zero-order chi connectivity index (χ0) is 43.2. The van der Waals surface area contributed by atoms with Gasteiger partial charge in [0.1, 0.15) is 22.8 Å². The van der Waals surface area contributed by atoms with Gasteiger partial charge in [-0.2, -0.15) is 0 Å². The number of ether oxygens (including phenoxy) is 2. The lowest BCUT2D eigenvalue weighted by Gasteiger charge is -2.36. The Labute approximate surface area is 362 Å². The summed E-state index contributed by atoms with van der Waals surface area (Å²) < 4.78 is 41.2. The monoisotopic (exact) mass is 856 g/mol. The largest absolute Gasteiger partial charge is 0.455 e. The second-order valence-corrected chi connectivity index (χ2v) is 18.1. The molecule has 14 heteroatoms. The van der Waals surface area contributed by atoms with E-state index in [1.807, 2.05) is 12.1 Å². The van der Waals surface area contributed by atoms with E-state index in [0.29, 0.717) is 49.2 Å². The van der Waals surface area contributed by atoms with E-state index in [1.54, 1.807) is 37.5 Å². The number of aromatic nitrogens is 2. The van der Waals surface area contributed by atoms with Crippen LogP contribution in [0.15, 0.2) is 96.2 Å². The molecule has 62 heavy (non-hydrogen) atoms. The van der Waals surface area contributed by atoms with Crippen LogP contribution in [0, 0.1) is 28.4 Å². The maximum atomic E-state index is 13.9. The Bertz CT molecular complexity index is 2630. The molecule has 0 spiro atoms. The van der Waals surface area contributed by atoms with Gasteiger partial charge < -0.3 is 19.8 Å². The van der Waals surface area contributed by atoms with Crippen molar-refractivity contribution in [3.8, 4) is 23.8 Å². The highest BCUT2D eigenvalue weighted by Gasteiger charge is 2.36. The molecule has 5 aromatic rings. The SMILES string of the molecule is C#CC.O=C(NS(=O)(=O)c1ccc(NCC2CCOCC2)c([N+](=O)[O-])c1)c1ccc(C2=CCC(N3CCCC3c3ccccc3C3CC3)CC2)cc1Oc1cnc2[nH]ccc2c1. The summed E-state index contributed by atoms with van der Waals surface area (Å²) in [6, 6.07) is 22.3. The quantitative estimate of drug-likeness (QED) is 0.0589. The summed E-state index contributed by atoms with van der Waals surface area (Å²) >= 11 is 0. The highest BCUT2D eigenvalue weighted by Crippen LogP contribution is 2.47. The number of hydrogen-bond acceptors (Lipinski definition) is 10. The van der Waals surface area contributed by atoms with Crippen molar-refractivity contribution in [1.29, 1.82) is 0 Å². The third-order valence-electron chi connectivity index (χ3n) is 12.3. The van der Waals surface area contributed by atoms with E-state index in [0.717, 1.165) is 61.2 Å². The standard InChI is InChI=1S/C45H48N6O7S.C3H4/c52-45(49-59(55,56)36-14-16-40(42(26-36)51(53)54)47-27-29-18-22-57-23-19-29)39-15-11-32(25-43(39)58-35-24-33-17-20-46-44(33)48-28-35)30-9-12-34(13-10-30)50-21-3-6-41(50)38-5-2-1-4-37(38)31-7-8-31;1-3-2/h1-2,4-5,9,11,14-17,20,24-26,28-29,31,34,41,47H,3,6-8,10,12-13,18-19,21-23,27H2,(H,46,48)(H,49,52);1H,2H3. The summed E-state index contributed by atoms with van der Waals surface area (Å²) in [5.74, 6) is 2.83. The van der Waals surface area contributed by atoms with E-state index < -0.39 is 31.4 Å². The molecule has 1 saturated carbocycles. The number of hydrogen-bond donors (Lipinski definition) is 3. The van der Waals surface area contributed by atoms with Crippen LogP contribution in [-0.4, -0.2) is 66.5 Å². The minimum absolute atomic E-state index is 0.0146. The Balaban J connectivity index is 0.00000171. The smallest absolute Gasteiger partial charge is 0.293 e. The van der Waals surface area contributed by atoms with Crippen LogP contribution in [0.4, 0.5) is 11.4 Å². The van der Waals surface area contributed by atoms with Crippen molar-refractivity contribution in [3.63, 3.8) is 0 Å². The van der Waals surface area contributed by atoms with Gasteiger partial charge in [0.05, 0.1) is 21.6 Å². The number of anilines is 1. The second-order valence-electron chi connectivity index (χ2n) is 16.5. The highest BCUT2D eigenvalue weighted by molar-refractivity contribution is 7.90. The molecule has 3 N–H and O–H groups in total. The van der Waals surface area contributed by atoms with Crippen LogP contribution in [0.25, 0.3) is 16.6 Å². The molecule has 4 aliphatic rings. The Morgan fingerprint density at radius 2 is 1.82 bits per heavy atom. The zero-order valence-electron chi connectivity index (χ0n) is 34.8. The van der Waals surface area contributed by atoms with Gasteiger partial charge in [0.2, 0.25) is 0 Å². The number of H-pyrrole nitrogens is 1. The van der Waals surface area contributed by atoms with E-state index in [2.05, 4.69) is 67.6 Å². The molecular formula is C48H52N6O7S. The number of terminal acetylenes is 1. The van der Waals surface area contributed by atoms with Crippen LogP contribution in [0.1, 0.15) is 104 Å². The molecule has 13 nitrogen and oxygen atoms in total. The molecule has 3 fully saturated rings. The van der Waals surface area contributed by atoms with Gasteiger partial charge in [0.15, 0.2) is 0 Å². The fourth-order valence-corrected chi connectivity index (χ4v) is 10.0. The Morgan fingerprint density at radius 3 is 2.56 bits per heavy atom. The molecule has 322 valence electrons. The van der Waals surface area contributed by atoms with E-state index in [1.165, 1.54) is 48.9 Å². The average molecular weight is 857 g/mol. The van der Waals surface area contributed by atoms with Crippen LogP contribution in [-0.2, 0) is 14.8 Å². The van der Waals surface area contributed by atoms with Gasteiger partial charge in [-0.15, -0.1) is 12.3 Å². The number of pyridine rings is 1. The van der Waals surface area contributed by atoms with E-state index in [4.69, 9.17) is 9.47 Å². The molecule has 4 heterocycles. The Kier molecular flexibility index (Phi) is 13.0. The number of carbonyl (C=O) groups excluding carboxylic acids is 1. The Hall–Kier alpha value is -6.01. The number of benzene rings is 3. The normalized spacial score (nSPS) is 19.5. The van der Waals surface area contributed by atoms with Crippen molar-refractivity contribution >= 4 is 43.9 Å². The first-order valence-electron chi connectivity index (χ1n) is 21.5. The molecule has 2 aliphatic carbocycles. The molecule has 9 rings (SSSR count). The maximum Gasteiger partial charge on any atom is 0.293 e. The van der Waals surface area contributed by atoms with Crippen LogP contribution < -0.4 is 14.8 Å². The number of aromatic amines is 1. The summed E-state index contributed by atoms with van der Waals surface area (Å²) in [4.78, 5) is 35.1. The summed E-state index contributed by atoms with van der Waals surface area (Å²) in [7, 11) is -4.54. The zero-order valence-corrected chi connectivity index (χ0v) is 35.7. The number of nitro benzene ring substituents is 1. The van der Waals surface area contributed by atoms with Gasteiger partial charge in [0, 0.05) is 49.5 Å². The number of carbonyl (C=O) groups is 1. The van der Waals surface area contributed by atoms with Crippen LogP contribution in [0.2, 0.25) is 0 Å². The number of amides is 1. The first kappa shape index (κ1) is 42.7. The van der Waals surface area contributed by atoms with Gasteiger partial charge in [-0.25, -0.2) is 18.1 Å². The third-order valence-corrected chi connectivity index (χ3v) is 13.7. The van der Waals surface area contributed by atoms with E-state index in [-0.39, 0.29) is 22.9 Å². The topological polar surface area (TPSA) is 169 Å². The molecule has 0 bridgehead atoms. The molecule has 2 atom stereocenters. The first-order valence-corrected chi connectivity index (χ1v) is 22.9. The lowest BCUT2D eigenvalue weighted by molar-refractivity contribution is -0.384. The number of allylic oxidation sites excluding steroid dienone is 1. The highest BCUT2D eigenvalue weighted by atomic mass is 32.2. The molecular weight excluding hydrogens is 805 g/mol. The third kappa shape index (κ3) is 9.70. The van der Waals surface area contributed by atoms with Crippen molar-refractivity contribution < 1.29 is 27.6 Å². The lowest BCUT2D eigenvalue weighted by Crippen LogP contribution is -2.36. The molecule has 3 aromatic carbocycles. The molecule has 2 aromatic heterocycles. The number of likely N-dealkylation sites (tertiary alicyclic amines) is 1. The van der Waals surface area contributed by atoms with Gasteiger partial charge in [-0.3, -0.25) is 19.8 Å². The van der Waals surface area contributed by atoms with E-state index >= 15 is 0 Å². The average Bonchev–Trinajstić information content (AvgIpc) is 3.82. The lowest BCUT2D eigenvalue weighted by atomic mass is 9.88. The van der Waals surface area contributed by atoms with Gasteiger partial charge in [-0.05, 0) is 142 Å². The van der Waals surface area contributed by atoms with Crippen molar-refractivity contribution in [2.24, 2.45) is 5.92 Å². The van der Waals surface area contributed by atoms with Gasteiger partial charge in [-0.1, -0.05) is 36.4 Å². The number of nitro groups is 1. The van der Waals surface area contributed by atoms with Crippen molar-refractivity contribution in [3.05, 3.63) is 124 Å². The van der Waals surface area contributed by atoms with Crippen LogP contribution in [0.5, 0.6) is 11.5 Å². The fraction of sp³-hybridized carbons (Fsp3) is 0.375. The van der Waals surface area contributed by atoms with E-state index in [9.17, 15) is 23.3 Å². The molecule has 2 aliphatic heterocycles. The predicted octanol–water partition coefficient (Wildman–Crippen LogP) is 9.51. The first-order chi connectivity index (χ1) is 30.1. The summed E-state index contributed by atoms with van der Waals surface area (Å²) in [6.07, 6.45) is 19.5. The fourth-order valence-electron chi connectivity index (χ4n) is 9.04. The summed E-state index contributed by atoms with van der Waals surface area (Å²) in [5, 5.41) is 16.0. The molecule has 2 unspecified atom stereocenters. The number of rotatable bonds is 13. The van der Waals surface area contributed by atoms with Crippen LogP contribution in [0.3, 0.4) is 0 Å². The van der Waals surface area contributed by atoms with Gasteiger partial charge >= 0.3 is 0 Å². The number of sulfonamides is 1. The molecule has 1 amide bonds.